The van der Waals surface area contributed by atoms with Gasteiger partial charge in [-0.25, -0.2) is 0 Å². The number of rotatable bonds is 4. The van der Waals surface area contributed by atoms with E-state index >= 15 is 0 Å². The van der Waals surface area contributed by atoms with Crippen LogP contribution < -0.4 is 5.32 Å². The molecule has 2 aromatic rings. The molecule has 0 spiro atoms. The van der Waals surface area contributed by atoms with E-state index in [1.807, 2.05) is 67.3 Å². The van der Waals surface area contributed by atoms with Gasteiger partial charge in [-0.2, -0.15) is 0 Å². The van der Waals surface area contributed by atoms with Crippen LogP contribution in [0.4, 0.5) is 0 Å². The van der Waals surface area contributed by atoms with Crippen molar-refractivity contribution in [2.45, 2.75) is 33.2 Å². The van der Waals surface area contributed by atoms with Crippen LogP contribution in [0.3, 0.4) is 0 Å². The van der Waals surface area contributed by atoms with Crippen molar-refractivity contribution in [3.63, 3.8) is 0 Å². The molecule has 1 unspecified atom stereocenters. The SMILES string of the molecule is Cc1ccc(CNC(=O)C2CCCN(C(=O)c3cccc(C)c3)C2)cc1. The van der Waals surface area contributed by atoms with Crippen molar-refractivity contribution in [1.29, 1.82) is 0 Å². The summed E-state index contributed by atoms with van der Waals surface area (Å²) in [5.74, 6) is -0.0833. The number of piperidine rings is 1. The number of amides is 2. The second-order valence-electron chi connectivity index (χ2n) is 7.16. The molecule has 0 bridgehead atoms. The van der Waals surface area contributed by atoms with E-state index < -0.39 is 0 Å². The summed E-state index contributed by atoms with van der Waals surface area (Å²) in [7, 11) is 0. The quantitative estimate of drug-likeness (QED) is 0.918. The van der Waals surface area contributed by atoms with E-state index in [9.17, 15) is 9.59 Å². The van der Waals surface area contributed by atoms with Gasteiger partial charge in [0, 0.05) is 25.2 Å². The lowest BCUT2D eigenvalue weighted by Crippen LogP contribution is -2.45. The molecule has 4 heteroatoms. The minimum absolute atomic E-state index is 0.0183. The Morgan fingerprint density at radius 1 is 1.08 bits per heavy atom. The second-order valence-corrected chi connectivity index (χ2v) is 7.16. The zero-order valence-corrected chi connectivity index (χ0v) is 15.5. The summed E-state index contributed by atoms with van der Waals surface area (Å²) in [6.45, 7) is 5.76. The highest BCUT2D eigenvalue weighted by Gasteiger charge is 2.28. The topological polar surface area (TPSA) is 49.4 Å². The maximum Gasteiger partial charge on any atom is 0.253 e. The Bertz CT molecular complexity index is 783. The summed E-state index contributed by atoms with van der Waals surface area (Å²) in [5.41, 5.74) is 4.07. The normalized spacial score (nSPS) is 17.0. The fourth-order valence-electron chi connectivity index (χ4n) is 3.38. The summed E-state index contributed by atoms with van der Waals surface area (Å²) in [6.07, 6.45) is 1.69. The Morgan fingerprint density at radius 2 is 1.85 bits per heavy atom. The zero-order valence-electron chi connectivity index (χ0n) is 15.5. The van der Waals surface area contributed by atoms with Crippen molar-refractivity contribution < 1.29 is 9.59 Å². The second kappa shape index (κ2) is 8.17. The highest BCUT2D eigenvalue weighted by molar-refractivity contribution is 5.95. The van der Waals surface area contributed by atoms with E-state index in [2.05, 4.69) is 5.32 Å². The lowest BCUT2D eigenvalue weighted by Gasteiger charge is -2.32. The maximum absolute atomic E-state index is 12.7. The third-order valence-electron chi connectivity index (χ3n) is 4.93. The molecule has 1 heterocycles. The fraction of sp³-hybridized carbons (Fsp3) is 0.364. The van der Waals surface area contributed by atoms with Crippen molar-refractivity contribution in [1.82, 2.24) is 10.2 Å². The summed E-state index contributed by atoms with van der Waals surface area (Å²) in [6, 6.07) is 15.8. The van der Waals surface area contributed by atoms with Crippen LogP contribution in [0.5, 0.6) is 0 Å². The molecule has 0 aromatic heterocycles. The summed E-state index contributed by atoms with van der Waals surface area (Å²) in [4.78, 5) is 27.1. The van der Waals surface area contributed by atoms with E-state index in [0.29, 0.717) is 25.2 Å². The van der Waals surface area contributed by atoms with Crippen molar-refractivity contribution in [2.75, 3.05) is 13.1 Å². The molecule has 0 aliphatic carbocycles. The number of carbonyl (C=O) groups excluding carboxylic acids is 2. The van der Waals surface area contributed by atoms with E-state index in [-0.39, 0.29) is 17.7 Å². The van der Waals surface area contributed by atoms with Crippen LogP contribution in [-0.4, -0.2) is 29.8 Å². The molecule has 2 amide bonds. The highest BCUT2D eigenvalue weighted by Crippen LogP contribution is 2.19. The molecule has 4 nitrogen and oxygen atoms in total. The molecule has 0 saturated carbocycles. The van der Waals surface area contributed by atoms with Crippen molar-refractivity contribution in [2.24, 2.45) is 5.92 Å². The van der Waals surface area contributed by atoms with Crippen LogP contribution in [0.15, 0.2) is 48.5 Å². The highest BCUT2D eigenvalue weighted by atomic mass is 16.2. The molecule has 1 atom stereocenters. The Kier molecular flexibility index (Phi) is 5.71. The van der Waals surface area contributed by atoms with Crippen LogP contribution in [0, 0.1) is 19.8 Å². The standard InChI is InChI=1S/C22H26N2O2/c1-16-8-10-18(11-9-16)14-23-21(25)20-7-4-12-24(15-20)22(26)19-6-3-5-17(2)13-19/h3,5-6,8-11,13,20H,4,7,12,14-15H2,1-2H3,(H,23,25). The minimum atomic E-state index is -0.136. The van der Waals surface area contributed by atoms with Gasteiger partial charge in [0.25, 0.3) is 5.91 Å². The maximum atomic E-state index is 12.7. The molecule has 2 aromatic carbocycles. The number of likely N-dealkylation sites (tertiary alicyclic amines) is 1. The van der Waals surface area contributed by atoms with Gasteiger partial charge in [0.15, 0.2) is 0 Å². The van der Waals surface area contributed by atoms with Crippen LogP contribution >= 0.6 is 0 Å². The van der Waals surface area contributed by atoms with Gasteiger partial charge in [-0.1, -0.05) is 47.5 Å². The Morgan fingerprint density at radius 3 is 2.58 bits per heavy atom. The van der Waals surface area contributed by atoms with Crippen molar-refractivity contribution in [3.8, 4) is 0 Å². The molecule has 3 rings (SSSR count). The number of hydrogen-bond acceptors (Lipinski definition) is 2. The molecular weight excluding hydrogens is 324 g/mol. The molecule has 1 aliphatic heterocycles. The Balaban J connectivity index is 1.58. The van der Waals surface area contributed by atoms with Crippen molar-refractivity contribution >= 4 is 11.8 Å². The van der Waals surface area contributed by atoms with Crippen LogP contribution in [0.1, 0.15) is 39.9 Å². The van der Waals surface area contributed by atoms with Gasteiger partial charge in [-0.05, 0) is 44.4 Å². The molecule has 26 heavy (non-hydrogen) atoms. The van der Waals surface area contributed by atoms with E-state index in [4.69, 9.17) is 0 Å². The first-order valence-electron chi connectivity index (χ1n) is 9.22. The monoisotopic (exact) mass is 350 g/mol. The van der Waals surface area contributed by atoms with Gasteiger partial charge < -0.3 is 10.2 Å². The molecule has 0 radical (unpaired) electrons. The van der Waals surface area contributed by atoms with E-state index in [1.54, 1.807) is 0 Å². The third-order valence-corrected chi connectivity index (χ3v) is 4.93. The van der Waals surface area contributed by atoms with Gasteiger partial charge >= 0.3 is 0 Å². The molecule has 136 valence electrons. The average Bonchev–Trinajstić information content (AvgIpc) is 2.67. The lowest BCUT2D eigenvalue weighted by molar-refractivity contribution is -0.126. The molecule has 1 fully saturated rings. The molecule has 1 N–H and O–H groups in total. The number of benzene rings is 2. The van der Waals surface area contributed by atoms with Crippen LogP contribution in [0.25, 0.3) is 0 Å². The number of carbonyl (C=O) groups is 2. The molecular formula is C22H26N2O2. The first-order valence-corrected chi connectivity index (χ1v) is 9.22. The first kappa shape index (κ1) is 18.2. The predicted octanol–water partition coefficient (Wildman–Crippen LogP) is 3.47. The fourth-order valence-corrected chi connectivity index (χ4v) is 3.38. The largest absolute Gasteiger partial charge is 0.352 e. The number of nitrogens with one attached hydrogen (secondary N) is 1. The Labute approximate surface area is 155 Å². The summed E-state index contributed by atoms with van der Waals surface area (Å²) >= 11 is 0. The Hall–Kier alpha value is -2.62. The van der Waals surface area contributed by atoms with E-state index in [1.165, 1.54) is 5.56 Å². The summed E-state index contributed by atoms with van der Waals surface area (Å²) in [5, 5.41) is 3.02. The van der Waals surface area contributed by atoms with Gasteiger partial charge in [0.05, 0.1) is 5.92 Å². The van der Waals surface area contributed by atoms with Crippen LogP contribution in [-0.2, 0) is 11.3 Å². The third kappa shape index (κ3) is 4.51. The lowest BCUT2D eigenvalue weighted by atomic mass is 9.96. The van der Waals surface area contributed by atoms with Crippen LogP contribution in [0.2, 0.25) is 0 Å². The summed E-state index contributed by atoms with van der Waals surface area (Å²) < 4.78 is 0. The predicted molar refractivity (Wildman–Crippen MR) is 103 cm³/mol. The van der Waals surface area contributed by atoms with Gasteiger partial charge in [-0.3, -0.25) is 9.59 Å². The smallest absolute Gasteiger partial charge is 0.253 e. The van der Waals surface area contributed by atoms with Gasteiger partial charge in [0.2, 0.25) is 5.91 Å². The van der Waals surface area contributed by atoms with E-state index in [0.717, 1.165) is 24.0 Å². The van der Waals surface area contributed by atoms with Gasteiger partial charge in [0.1, 0.15) is 0 Å². The van der Waals surface area contributed by atoms with Gasteiger partial charge in [-0.15, -0.1) is 0 Å². The number of hydrogen-bond donors (Lipinski definition) is 1. The van der Waals surface area contributed by atoms with Crippen molar-refractivity contribution in [3.05, 3.63) is 70.8 Å². The number of nitrogens with zero attached hydrogens (tertiary/aromatic N) is 1. The first-order chi connectivity index (χ1) is 12.5. The number of aryl methyl sites for hydroxylation is 2. The molecule has 1 aliphatic rings. The molecule has 1 saturated heterocycles. The minimum Gasteiger partial charge on any atom is -0.352 e. The average molecular weight is 350 g/mol. The zero-order chi connectivity index (χ0) is 18.5.